The van der Waals surface area contributed by atoms with Crippen molar-refractivity contribution in [1.29, 1.82) is 0 Å². The maximum Gasteiger partial charge on any atom is 0.269 e. The van der Waals surface area contributed by atoms with Crippen molar-refractivity contribution in [3.63, 3.8) is 0 Å². The smallest absolute Gasteiger partial charge is 0.269 e. The molecule has 1 amide bonds. The lowest BCUT2D eigenvalue weighted by Crippen LogP contribution is -2.23. The van der Waals surface area contributed by atoms with Gasteiger partial charge in [-0.15, -0.1) is 0 Å². The van der Waals surface area contributed by atoms with Gasteiger partial charge in [0.2, 0.25) is 0 Å². The molecule has 6 heteroatoms. The van der Waals surface area contributed by atoms with Crippen LogP contribution in [-0.2, 0) is 6.54 Å². The molecule has 0 unspecified atom stereocenters. The van der Waals surface area contributed by atoms with Gasteiger partial charge >= 0.3 is 0 Å². The van der Waals surface area contributed by atoms with E-state index in [0.717, 1.165) is 17.0 Å². The molecule has 0 bridgehead atoms. The molecular weight excluding hydrogens is 254 g/mol. The van der Waals surface area contributed by atoms with Crippen LogP contribution in [0.15, 0.2) is 48.9 Å². The first-order valence-corrected chi connectivity index (χ1v) is 6.19. The number of aromatic amines is 2. The molecule has 0 radical (unpaired) electrons. The molecule has 0 atom stereocenters. The third-order valence-corrected chi connectivity index (χ3v) is 2.89. The van der Waals surface area contributed by atoms with Crippen LogP contribution in [0.25, 0.3) is 11.3 Å². The van der Waals surface area contributed by atoms with E-state index in [1.807, 2.05) is 30.3 Å². The molecule has 0 aliphatic rings. The van der Waals surface area contributed by atoms with Crippen LogP contribution in [0, 0.1) is 0 Å². The average molecular weight is 267 g/mol. The summed E-state index contributed by atoms with van der Waals surface area (Å²) in [4.78, 5) is 18.8. The van der Waals surface area contributed by atoms with E-state index in [-0.39, 0.29) is 5.91 Å². The normalized spacial score (nSPS) is 10.4. The molecule has 1 aromatic carbocycles. The molecule has 3 aromatic rings. The van der Waals surface area contributed by atoms with Gasteiger partial charge in [0.25, 0.3) is 5.91 Å². The fourth-order valence-electron chi connectivity index (χ4n) is 1.85. The molecule has 3 N–H and O–H groups in total. The maximum absolute atomic E-state index is 12.0. The minimum atomic E-state index is -0.200. The van der Waals surface area contributed by atoms with Gasteiger partial charge in [0.15, 0.2) is 0 Å². The van der Waals surface area contributed by atoms with Gasteiger partial charge in [-0.2, -0.15) is 5.10 Å². The lowest BCUT2D eigenvalue weighted by atomic mass is 10.1. The maximum atomic E-state index is 12.0. The van der Waals surface area contributed by atoms with Crippen molar-refractivity contribution in [2.75, 3.05) is 0 Å². The SMILES string of the molecule is O=C(NCc1cnc[nH]1)c1cc(-c2ccccc2)n[nH]1. The highest BCUT2D eigenvalue weighted by molar-refractivity contribution is 5.93. The average Bonchev–Trinajstić information content (AvgIpc) is 3.17. The van der Waals surface area contributed by atoms with Crippen LogP contribution in [0.5, 0.6) is 0 Å². The van der Waals surface area contributed by atoms with Gasteiger partial charge in [0, 0.05) is 11.8 Å². The Morgan fingerprint density at radius 1 is 1.25 bits per heavy atom. The molecule has 0 saturated heterocycles. The minimum Gasteiger partial charge on any atom is -0.347 e. The van der Waals surface area contributed by atoms with Gasteiger partial charge < -0.3 is 10.3 Å². The van der Waals surface area contributed by atoms with Crippen molar-refractivity contribution in [3.05, 3.63) is 60.3 Å². The third-order valence-electron chi connectivity index (χ3n) is 2.89. The number of rotatable bonds is 4. The Labute approximate surface area is 115 Å². The Morgan fingerprint density at radius 3 is 2.85 bits per heavy atom. The zero-order valence-electron chi connectivity index (χ0n) is 10.6. The second kappa shape index (κ2) is 5.40. The number of aromatic nitrogens is 4. The number of amides is 1. The predicted octanol–water partition coefficient (Wildman–Crippen LogP) is 1.73. The number of benzene rings is 1. The van der Waals surface area contributed by atoms with Crippen molar-refractivity contribution in [3.8, 4) is 11.3 Å². The van der Waals surface area contributed by atoms with Crippen LogP contribution in [0.2, 0.25) is 0 Å². The standard InChI is InChI=1S/C14H13N5O/c20-14(16-8-11-7-15-9-17-11)13-6-12(18-19-13)10-4-2-1-3-5-10/h1-7,9H,8H2,(H,15,17)(H,16,20)(H,18,19). The minimum absolute atomic E-state index is 0.200. The highest BCUT2D eigenvalue weighted by Crippen LogP contribution is 2.16. The molecular formula is C14H13N5O. The Balaban J connectivity index is 1.69. The highest BCUT2D eigenvalue weighted by Gasteiger charge is 2.10. The number of nitrogens with one attached hydrogen (secondary N) is 3. The summed E-state index contributed by atoms with van der Waals surface area (Å²) in [6.07, 6.45) is 3.24. The number of H-pyrrole nitrogens is 2. The van der Waals surface area contributed by atoms with E-state index in [1.165, 1.54) is 0 Å². The molecule has 0 saturated carbocycles. The molecule has 0 aliphatic heterocycles. The van der Waals surface area contributed by atoms with Gasteiger partial charge in [0.05, 0.1) is 24.3 Å². The third kappa shape index (κ3) is 2.59. The van der Waals surface area contributed by atoms with Crippen molar-refractivity contribution in [2.45, 2.75) is 6.54 Å². The van der Waals surface area contributed by atoms with Crippen molar-refractivity contribution >= 4 is 5.91 Å². The van der Waals surface area contributed by atoms with E-state index >= 15 is 0 Å². The number of hydrogen-bond donors (Lipinski definition) is 3. The summed E-state index contributed by atoms with van der Waals surface area (Å²) in [6, 6.07) is 11.4. The van der Waals surface area contributed by atoms with E-state index in [0.29, 0.717) is 12.2 Å². The van der Waals surface area contributed by atoms with Gasteiger partial charge in [-0.25, -0.2) is 4.98 Å². The lowest BCUT2D eigenvalue weighted by molar-refractivity contribution is 0.0945. The van der Waals surface area contributed by atoms with E-state index in [9.17, 15) is 4.79 Å². The lowest BCUT2D eigenvalue weighted by Gasteiger charge is -2.00. The van der Waals surface area contributed by atoms with Crippen molar-refractivity contribution < 1.29 is 4.79 Å². The van der Waals surface area contributed by atoms with E-state index in [1.54, 1.807) is 18.6 Å². The summed E-state index contributed by atoms with van der Waals surface area (Å²) >= 11 is 0. The fourth-order valence-corrected chi connectivity index (χ4v) is 1.85. The van der Waals surface area contributed by atoms with Gasteiger partial charge in [-0.3, -0.25) is 9.89 Å². The van der Waals surface area contributed by atoms with Gasteiger partial charge in [0.1, 0.15) is 5.69 Å². The van der Waals surface area contributed by atoms with Crippen LogP contribution in [0.4, 0.5) is 0 Å². The largest absolute Gasteiger partial charge is 0.347 e. The first-order valence-electron chi connectivity index (χ1n) is 6.19. The van der Waals surface area contributed by atoms with Gasteiger partial charge in [-0.1, -0.05) is 30.3 Å². The number of hydrogen-bond acceptors (Lipinski definition) is 3. The number of carbonyl (C=O) groups is 1. The summed E-state index contributed by atoms with van der Waals surface area (Å²) in [7, 11) is 0. The molecule has 2 aromatic heterocycles. The highest BCUT2D eigenvalue weighted by atomic mass is 16.1. The second-order valence-electron chi connectivity index (χ2n) is 4.29. The van der Waals surface area contributed by atoms with Crippen LogP contribution in [0.3, 0.4) is 0 Å². The Morgan fingerprint density at radius 2 is 2.10 bits per heavy atom. The quantitative estimate of drug-likeness (QED) is 0.672. The summed E-state index contributed by atoms with van der Waals surface area (Å²) in [5.74, 6) is -0.200. The first kappa shape index (κ1) is 12.2. The van der Waals surface area contributed by atoms with E-state index < -0.39 is 0 Å². The molecule has 20 heavy (non-hydrogen) atoms. The summed E-state index contributed by atoms with van der Waals surface area (Å²) in [5, 5.41) is 9.68. The van der Waals surface area contributed by atoms with Gasteiger partial charge in [-0.05, 0) is 6.07 Å². The zero-order valence-corrected chi connectivity index (χ0v) is 10.6. The molecule has 6 nitrogen and oxygen atoms in total. The molecule has 0 fully saturated rings. The van der Waals surface area contributed by atoms with Crippen LogP contribution >= 0.6 is 0 Å². The monoisotopic (exact) mass is 267 g/mol. The number of imidazole rings is 1. The number of carbonyl (C=O) groups excluding carboxylic acids is 1. The molecule has 3 rings (SSSR count). The van der Waals surface area contributed by atoms with Crippen molar-refractivity contribution in [1.82, 2.24) is 25.5 Å². The summed E-state index contributed by atoms with van der Waals surface area (Å²) in [5.41, 5.74) is 3.00. The van der Waals surface area contributed by atoms with Crippen LogP contribution in [-0.4, -0.2) is 26.1 Å². The van der Waals surface area contributed by atoms with Crippen LogP contribution in [0.1, 0.15) is 16.2 Å². The molecule has 100 valence electrons. The Bertz CT molecular complexity index is 687. The van der Waals surface area contributed by atoms with Crippen LogP contribution < -0.4 is 5.32 Å². The summed E-state index contributed by atoms with van der Waals surface area (Å²) < 4.78 is 0. The first-order chi connectivity index (χ1) is 9.83. The predicted molar refractivity (Wildman–Crippen MR) is 73.8 cm³/mol. The topological polar surface area (TPSA) is 86.5 Å². The molecule has 2 heterocycles. The molecule has 0 aliphatic carbocycles. The summed E-state index contributed by atoms with van der Waals surface area (Å²) in [6.45, 7) is 0.401. The molecule has 0 spiro atoms. The number of nitrogens with zero attached hydrogens (tertiary/aromatic N) is 2. The Hall–Kier alpha value is -2.89. The van der Waals surface area contributed by atoms with E-state index in [4.69, 9.17) is 0 Å². The zero-order chi connectivity index (χ0) is 13.8. The Kier molecular flexibility index (Phi) is 3.28. The van der Waals surface area contributed by atoms with E-state index in [2.05, 4.69) is 25.5 Å². The second-order valence-corrected chi connectivity index (χ2v) is 4.29. The van der Waals surface area contributed by atoms with Crippen molar-refractivity contribution in [2.24, 2.45) is 0 Å². The fraction of sp³-hybridized carbons (Fsp3) is 0.0714.